The molecule has 0 aliphatic carbocycles. The molecule has 0 aliphatic heterocycles. The second kappa shape index (κ2) is 5.27. The summed E-state index contributed by atoms with van der Waals surface area (Å²) in [5.41, 5.74) is 5.66. The quantitative estimate of drug-likeness (QED) is 0.643. The Labute approximate surface area is 74.0 Å². The smallest absolute Gasteiger partial charge is 0.132 e. The van der Waals surface area contributed by atoms with Crippen molar-refractivity contribution in [1.82, 2.24) is 0 Å². The van der Waals surface area contributed by atoms with Gasteiger partial charge in [-0.15, -0.1) is 0 Å². The average Bonchev–Trinajstić information content (AvgIpc) is 1.84. The summed E-state index contributed by atoms with van der Waals surface area (Å²) in [4.78, 5) is 10.6. The number of nitrogens with two attached hydrogens (primary N) is 1. The van der Waals surface area contributed by atoms with E-state index in [1.54, 1.807) is 0 Å². The number of carbonyl (C=O) groups excluding carboxylic acids is 1. The Morgan fingerprint density at radius 2 is 2.00 bits per heavy atom. The minimum absolute atomic E-state index is 0.0123. The molecule has 0 aromatic carbocycles. The fourth-order valence-electron chi connectivity index (χ4n) is 1.15. The molecule has 2 atom stereocenters. The molecule has 3 N–H and O–H groups in total. The zero-order valence-corrected chi connectivity index (χ0v) is 8.08. The molecular formula is C9H19NO2. The Hall–Kier alpha value is -0.410. The molecule has 0 aromatic rings. The summed E-state index contributed by atoms with van der Waals surface area (Å²) in [5.74, 6) is 0.448. The van der Waals surface area contributed by atoms with Gasteiger partial charge in [0.2, 0.25) is 0 Å². The largest absolute Gasteiger partial charge is 0.391 e. The Morgan fingerprint density at radius 3 is 2.33 bits per heavy atom. The van der Waals surface area contributed by atoms with E-state index in [1.807, 2.05) is 13.8 Å². The Balaban J connectivity index is 3.76. The molecule has 0 radical (unpaired) electrons. The second-order valence-electron chi connectivity index (χ2n) is 3.77. The SMILES string of the molecule is CC(=O)CC(O)C(N)CC(C)C. The van der Waals surface area contributed by atoms with E-state index >= 15 is 0 Å². The maximum absolute atomic E-state index is 10.6. The van der Waals surface area contributed by atoms with E-state index in [9.17, 15) is 9.90 Å². The molecule has 12 heavy (non-hydrogen) atoms. The van der Waals surface area contributed by atoms with Crippen molar-refractivity contribution in [2.75, 3.05) is 0 Å². The third kappa shape index (κ3) is 5.27. The van der Waals surface area contributed by atoms with E-state index in [4.69, 9.17) is 5.73 Å². The summed E-state index contributed by atoms with van der Waals surface area (Å²) in [6.45, 7) is 5.55. The lowest BCUT2D eigenvalue weighted by molar-refractivity contribution is -0.119. The van der Waals surface area contributed by atoms with Crippen molar-refractivity contribution in [3.05, 3.63) is 0 Å². The molecule has 0 aromatic heterocycles. The van der Waals surface area contributed by atoms with Gasteiger partial charge < -0.3 is 10.8 Å². The van der Waals surface area contributed by atoms with Gasteiger partial charge in [-0.1, -0.05) is 13.8 Å². The summed E-state index contributed by atoms with van der Waals surface area (Å²) in [7, 11) is 0. The van der Waals surface area contributed by atoms with Gasteiger partial charge in [-0.05, 0) is 19.3 Å². The first-order chi connectivity index (χ1) is 5.43. The van der Waals surface area contributed by atoms with Crippen LogP contribution in [-0.2, 0) is 4.79 Å². The lowest BCUT2D eigenvalue weighted by atomic mass is 9.97. The van der Waals surface area contributed by atoms with Gasteiger partial charge in [0.1, 0.15) is 5.78 Å². The zero-order chi connectivity index (χ0) is 9.72. The Kier molecular flexibility index (Phi) is 5.09. The van der Waals surface area contributed by atoms with Crippen molar-refractivity contribution >= 4 is 5.78 Å². The Bertz CT molecular complexity index is 145. The van der Waals surface area contributed by atoms with Crippen LogP contribution in [-0.4, -0.2) is 23.0 Å². The number of ketones is 1. The van der Waals surface area contributed by atoms with Crippen LogP contribution in [0.3, 0.4) is 0 Å². The van der Waals surface area contributed by atoms with Crippen LogP contribution >= 0.6 is 0 Å². The van der Waals surface area contributed by atoms with Gasteiger partial charge in [0.25, 0.3) is 0 Å². The predicted octanol–water partition coefficient (Wildman–Crippen LogP) is 0.700. The Morgan fingerprint density at radius 1 is 1.50 bits per heavy atom. The van der Waals surface area contributed by atoms with Gasteiger partial charge in [0.05, 0.1) is 6.10 Å². The van der Waals surface area contributed by atoms with Crippen molar-refractivity contribution in [2.45, 2.75) is 45.8 Å². The van der Waals surface area contributed by atoms with Crippen LogP contribution in [0.4, 0.5) is 0 Å². The highest BCUT2D eigenvalue weighted by Crippen LogP contribution is 2.08. The summed E-state index contributed by atoms with van der Waals surface area (Å²) in [6, 6.07) is -0.270. The van der Waals surface area contributed by atoms with Crippen LogP contribution in [0.2, 0.25) is 0 Å². The molecule has 0 amide bonds. The first kappa shape index (κ1) is 11.6. The predicted molar refractivity (Wildman–Crippen MR) is 48.7 cm³/mol. The lowest BCUT2D eigenvalue weighted by Crippen LogP contribution is -2.36. The van der Waals surface area contributed by atoms with Crippen LogP contribution in [0.5, 0.6) is 0 Å². The van der Waals surface area contributed by atoms with Crippen LogP contribution in [0.15, 0.2) is 0 Å². The van der Waals surface area contributed by atoms with E-state index in [0.717, 1.165) is 6.42 Å². The van der Waals surface area contributed by atoms with Gasteiger partial charge in [0, 0.05) is 12.5 Å². The molecule has 0 aliphatic rings. The van der Waals surface area contributed by atoms with Gasteiger partial charge >= 0.3 is 0 Å². The number of Topliss-reactive ketones (excluding diaryl/α,β-unsaturated/α-hetero) is 1. The fourth-order valence-corrected chi connectivity index (χ4v) is 1.15. The van der Waals surface area contributed by atoms with Crippen LogP contribution < -0.4 is 5.73 Å². The van der Waals surface area contributed by atoms with Crippen LogP contribution in [0, 0.1) is 5.92 Å². The van der Waals surface area contributed by atoms with Gasteiger partial charge in [-0.3, -0.25) is 4.79 Å². The molecule has 3 heteroatoms. The molecule has 0 saturated heterocycles. The maximum Gasteiger partial charge on any atom is 0.132 e. The molecule has 0 saturated carbocycles. The number of rotatable bonds is 5. The third-order valence-corrected chi connectivity index (χ3v) is 1.73. The maximum atomic E-state index is 10.6. The molecule has 0 rings (SSSR count). The molecule has 72 valence electrons. The van der Waals surface area contributed by atoms with Gasteiger partial charge in [-0.2, -0.15) is 0 Å². The lowest BCUT2D eigenvalue weighted by Gasteiger charge is -2.19. The highest BCUT2D eigenvalue weighted by molar-refractivity contribution is 5.76. The molecular weight excluding hydrogens is 154 g/mol. The number of hydrogen-bond donors (Lipinski definition) is 2. The molecule has 0 bridgehead atoms. The number of aliphatic hydroxyl groups is 1. The first-order valence-corrected chi connectivity index (χ1v) is 4.36. The van der Waals surface area contributed by atoms with E-state index in [0.29, 0.717) is 5.92 Å². The van der Waals surface area contributed by atoms with E-state index in [-0.39, 0.29) is 18.2 Å². The summed E-state index contributed by atoms with van der Waals surface area (Å²) >= 11 is 0. The first-order valence-electron chi connectivity index (χ1n) is 4.36. The van der Waals surface area contributed by atoms with E-state index in [2.05, 4.69) is 0 Å². The highest BCUT2D eigenvalue weighted by Gasteiger charge is 2.17. The van der Waals surface area contributed by atoms with Crippen molar-refractivity contribution in [1.29, 1.82) is 0 Å². The van der Waals surface area contributed by atoms with Crippen molar-refractivity contribution in [2.24, 2.45) is 11.7 Å². The number of hydrogen-bond acceptors (Lipinski definition) is 3. The molecule has 3 nitrogen and oxygen atoms in total. The van der Waals surface area contributed by atoms with Gasteiger partial charge in [0.15, 0.2) is 0 Å². The normalized spacial score (nSPS) is 16.2. The van der Waals surface area contributed by atoms with E-state index < -0.39 is 6.10 Å². The molecule has 0 fully saturated rings. The minimum Gasteiger partial charge on any atom is -0.391 e. The molecule has 0 spiro atoms. The highest BCUT2D eigenvalue weighted by atomic mass is 16.3. The topological polar surface area (TPSA) is 63.3 Å². The average molecular weight is 173 g/mol. The standard InChI is InChI=1S/C9H19NO2/c1-6(2)4-8(10)9(12)5-7(3)11/h6,8-9,12H,4-5,10H2,1-3H3. The summed E-state index contributed by atoms with van der Waals surface area (Å²) < 4.78 is 0. The number of aliphatic hydroxyl groups excluding tert-OH is 1. The van der Waals surface area contributed by atoms with E-state index in [1.165, 1.54) is 6.92 Å². The minimum atomic E-state index is -0.676. The zero-order valence-electron chi connectivity index (χ0n) is 8.08. The molecule has 2 unspecified atom stereocenters. The monoisotopic (exact) mass is 173 g/mol. The third-order valence-electron chi connectivity index (χ3n) is 1.73. The van der Waals surface area contributed by atoms with Crippen molar-refractivity contribution in [3.8, 4) is 0 Å². The van der Waals surface area contributed by atoms with Crippen LogP contribution in [0.1, 0.15) is 33.6 Å². The van der Waals surface area contributed by atoms with Crippen LogP contribution in [0.25, 0.3) is 0 Å². The number of carbonyl (C=O) groups is 1. The van der Waals surface area contributed by atoms with Crippen molar-refractivity contribution in [3.63, 3.8) is 0 Å². The van der Waals surface area contributed by atoms with Gasteiger partial charge in [-0.25, -0.2) is 0 Å². The van der Waals surface area contributed by atoms with Crippen molar-refractivity contribution < 1.29 is 9.90 Å². The second-order valence-corrected chi connectivity index (χ2v) is 3.77. The summed E-state index contributed by atoms with van der Waals surface area (Å²) in [5, 5.41) is 9.39. The summed E-state index contributed by atoms with van der Waals surface area (Å²) in [6.07, 6.45) is 0.257. The molecule has 0 heterocycles. The fraction of sp³-hybridized carbons (Fsp3) is 0.889.